The van der Waals surface area contributed by atoms with Crippen LogP contribution in [-0.4, -0.2) is 17.9 Å². The number of carbonyl (C=O) groups excluding carboxylic acids is 1. The normalized spacial score (nSPS) is 16.2. The van der Waals surface area contributed by atoms with Gasteiger partial charge in [-0.1, -0.05) is 48.0 Å². The van der Waals surface area contributed by atoms with E-state index in [-0.39, 0.29) is 11.9 Å². The molecule has 2 heteroatoms. The molecule has 0 N–H and O–H groups in total. The van der Waals surface area contributed by atoms with Crippen molar-refractivity contribution in [1.29, 1.82) is 0 Å². The van der Waals surface area contributed by atoms with Crippen molar-refractivity contribution in [2.24, 2.45) is 0 Å². The summed E-state index contributed by atoms with van der Waals surface area (Å²) in [6.45, 7) is 4.23. The molecular weight excluding hydrogens is 282 g/mol. The number of aryl methyl sites for hydroxylation is 4. The van der Waals surface area contributed by atoms with Crippen LogP contribution in [0.5, 0.6) is 0 Å². The van der Waals surface area contributed by atoms with Crippen molar-refractivity contribution in [3.05, 3.63) is 70.3 Å². The lowest BCUT2D eigenvalue weighted by molar-refractivity contribution is -0.132. The topological polar surface area (TPSA) is 20.3 Å². The number of rotatable bonds is 4. The molecule has 0 radical (unpaired) electrons. The van der Waals surface area contributed by atoms with E-state index in [4.69, 9.17) is 0 Å². The summed E-state index contributed by atoms with van der Waals surface area (Å²) in [5.41, 5.74) is 6.56. The molecule has 0 fully saturated rings. The Morgan fingerprint density at radius 3 is 2.74 bits per heavy atom. The standard InChI is InChI=1S/C21H25NO/c1-15-8-9-17(16(2)14-15)11-13-21(23)22(3)20-12-10-18-6-4-5-7-19(18)20/h4-9,14,20H,10-13H2,1-3H3. The van der Waals surface area contributed by atoms with Crippen LogP contribution in [0, 0.1) is 13.8 Å². The Morgan fingerprint density at radius 2 is 1.96 bits per heavy atom. The summed E-state index contributed by atoms with van der Waals surface area (Å²) in [5.74, 6) is 0.242. The number of benzene rings is 2. The van der Waals surface area contributed by atoms with Gasteiger partial charge < -0.3 is 4.90 Å². The van der Waals surface area contributed by atoms with E-state index >= 15 is 0 Å². The summed E-state index contributed by atoms with van der Waals surface area (Å²) in [6.07, 6.45) is 3.53. The van der Waals surface area contributed by atoms with Gasteiger partial charge in [-0.15, -0.1) is 0 Å². The molecule has 0 aromatic heterocycles. The van der Waals surface area contributed by atoms with E-state index in [1.165, 1.54) is 27.8 Å². The van der Waals surface area contributed by atoms with Crippen LogP contribution >= 0.6 is 0 Å². The van der Waals surface area contributed by atoms with Crippen LogP contribution in [0.2, 0.25) is 0 Å². The molecule has 1 amide bonds. The summed E-state index contributed by atoms with van der Waals surface area (Å²) in [4.78, 5) is 14.6. The van der Waals surface area contributed by atoms with Gasteiger partial charge in [-0.2, -0.15) is 0 Å². The lowest BCUT2D eigenvalue weighted by Gasteiger charge is -2.25. The second-order valence-electron chi connectivity index (χ2n) is 6.69. The summed E-state index contributed by atoms with van der Waals surface area (Å²) in [5, 5.41) is 0. The van der Waals surface area contributed by atoms with Gasteiger partial charge in [0.25, 0.3) is 0 Å². The molecule has 2 aromatic carbocycles. The maximum absolute atomic E-state index is 12.6. The fourth-order valence-corrected chi connectivity index (χ4v) is 3.66. The van der Waals surface area contributed by atoms with Crippen LogP contribution in [0.3, 0.4) is 0 Å². The van der Waals surface area contributed by atoms with Crippen molar-refractivity contribution < 1.29 is 4.79 Å². The van der Waals surface area contributed by atoms with Crippen molar-refractivity contribution in [2.75, 3.05) is 7.05 Å². The summed E-state index contributed by atoms with van der Waals surface area (Å²) in [6, 6.07) is 15.2. The first kappa shape index (κ1) is 15.8. The zero-order chi connectivity index (χ0) is 16.4. The minimum absolute atomic E-state index is 0.242. The molecule has 0 saturated carbocycles. The van der Waals surface area contributed by atoms with Crippen LogP contribution in [0.15, 0.2) is 42.5 Å². The maximum atomic E-state index is 12.6. The molecule has 1 unspecified atom stereocenters. The molecule has 0 bridgehead atoms. The van der Waals surface area contributed by atoms with E-state index in [0.29, 0.717) is 6.42 Å². The fourth-order valence-electron chi connectivity index (χ4n) is 3.66. The van der Waals surface area contributed by atoms with E-state index in [1.807, 2.05) is 11.9 Å². The Kier molecular flexibility index (Phi) is 4.51. The smallest absolute Gasteiger partial charge is 0.223 e. The quantitative estimate of drug-likeness (QED) is 0.820. The molecule has 2 nitrogen and oxygen atoms in total. The van der Waals surface area contributed by atoms with Gasteiger partial charge in [0.15, 0.2) is 0 Å². The maximum Gasteiger partial charge on any atom is 0.223 e. The molecule has 1 aliphatic rings. The molecule has 0 aliphatic heterocycles. The van der Waals surface area contributed by atoms with E-state index in [9.17, 15) is 4.79 Å². The van der Waals surface area contributed by atoms with E-state index in [1.54, 1.807) is 0 Å². The van der Waals surface area contributed by atoms with E-state index in [0.717, 1.165) is 19.3 Å². The Balaban J connectivity index is 1.65. The molecule has 0 saturated heterocycles. The van der Waals surface area contributed by atoms with Crippen molar-refractivity contribution in [3.8, 4) is 0 Å². The summed E-state index contributed by atoms with van der Waals surface area (Å²) >= 11 is 0. The van der Waals surface area contributed by atoms with E-state index < -0.39 is 0 Å². The Bertz CT molecular complexity index is 720. The number of amides is 1. The van der Waals surface area contributed by atoms with Gasteiger partial charge >= 0.3 is 0 Å². The Hall–Kier alpha value is -2.09. The summed E-state index contributed by atoms with van der Waals surface area (Å²) in [7, 11) is 1.96. The number of hydrogen-bond donors (Lipinski definition) is 0. The number of hydrogen-bond acceptors (Lipinski definition) is 1. The van der Waals surface area contributed by atoms with Gasteiger partial charge in [-0.05, 0) is 55.4 Å². The third-order valence-electron chi connectivity index (χ3n) is 5.07. The molecule has 3 rings (SSSR count). The number of nitrogens with zero attached hydrogens (tertiary/aromatic N) is 1. The highest BCUT2D eigenvalue weighted by atomic mass is 16.2. The van der Waals surface area contributed by atoms with Crippen LogP contribution in [0.1, 0.15) is 46.7 Å². The van der Waals surface area contributed by atoms with Crippen molar-refractivity contribution in [1.82, 2.24) is 4.90 Å². The van der Waals surface area contributed by atoms with Crippen LogP contribution in [0.25, 0.3) is 0 Å². The Labute approximate surface area is 139 Å². The number of carbonyl (C=O) groups is 1. The minimum atomic E-state index is 0.242. The summed E-state index contributed by atoms with van der Waals surface area (Å²) < 4.78 is 0. The van der Waals surface area contributed by atoms with Gasteiger partial charge in [-0.25, -0.2) is 0 Å². The van der Waals surface area contributed by atoms with Gasteiger partial charge in [0.2, 0.25) is 5.91 Å². The highest BCUT2D eigenvalue weighted by Crippen LogP contribution is 2.35. The van der Waals surface area contributed by atoms with Gasteiger partial charge in [0.1, 0.15) is 0 Å². The monoisotopic (exact) mass is 307 g/mol. The lowest BCUT2D eigenvalue weighted by Crippen LogP contribution is -2.30. The zero-order valence-electron chi connectivity index (χ0n) is 14.3. The SMILES string of the molecule is Cc1ccc(CCC(=O)N(C)C2CCc3ccccc32)c(C)c1. The molecule has 0 spiro atoms. The predicted octanol–water partition coefficient (Wildman–Crippen LogP) is 4.38. The Morgan fingerprint density at radius 1 is 1.17 bits per heavy atom. The highest BCUT2D eigenvalue weighted by Gasteiger charge is 2.27. The van der Waals surface area contributed by atoms with Crippen molar-refractivity contribution >= 4 is 5.91 Å². The third-order valence-corrected chi connectivity index (χ3v) is 5.07. The molecule has 120 valence electrons. The largest absolute Gasteiger partial charge is 0.339 e. The predicted molar refractivity (Wildman–Crippen MR) is 94.5 cm³/mol. The molecule has 1 aliphatic carbocycles. The molecule has 0 heterocycles. The van der Waals surface area contributed by atoms with Crippen LogP contribution in [-0.2, 0) is 17.6 Å². The second kappa shape index (κ2) is 6.57. The van der Waals surface area contributed by atoms with Gasteiger partial charge in [0.05, 0.1) is 6.04 Å². The molecule has 23 heavy (non-hydrogen) atoms. The van der Waals surface area contributed by atoms with Crippen LogP contribution in [0.4, 0.5) is 0 Å². The van der Waals surface area contributed by atoms with Crippen molar-refractivity contribution in [3.63, 3.8) is 0 Å². The second-order valence-corrected chi connectivity index (χ2v) is 6.69. The van der Waals surface area contributed by atoms with Crippen LogP contribution < -0.4 is 0 Å². The first-order chi connectivity index (χ1) is 11.1. The lowest BCUT2D eigenvalue weighted by atomic mass is 10.0. The van der Waals surface area contributed by atoms with Crippen molar-refractivity contribution in [2.45, 2.75) is 45.6 Å². The van der Waals surface area contributed by atoms with Gasteiger partial charge in [-0.3, -0.25) is 4.79 Å². The number of fused-ring (bicyclic) bond motifs is 1. The first-order valence-electron chi connectivity index (χ1n) is 8.46. The highest BCUT2D eigenvalue weighted by molar-refractivity contribution is 5.77. The molecule has 1 atom stereocenters. The minimum Gasteiger partial charge on any atom is -0.339 e. The third kappa shape index (κ3) is 3.31. The average Bonchev–Trinajstić information content (AvgIpc) is 2.97. The van der Waals surface area contributed by atoms with Gasteiger partial charge in [0, 0.05) is 13.5 Å². The average molecular weight is 307 g/mol. The molecular formula is C21H25NO. The fraction of sp³-hybridized carbons (Fsp3) is 0.381. The molecule has 2 aromatic rings. The zero-order valence-corrected chi connectivity index (χ0v) is 14.3. The van der Waals surface area contributed by atoms with E-state index in [2.05, 4.69) is 56.3 Å². The first-order valence-corrected chi connectivity index (χ1v) is 8.46.